The average Bonchev–Trinajstić information content (AvgIpc) is 2.37. The van der Waals surface area contributed by atoms with Crippen molar-refractivity contribution < 1.29 is 9.53 Å². The van der Waals surface area contributed by atoms with Gasteiger partial charge in [-0.1, -0.05) is 0 Å². The number of ether oxygens (including phenoxy) is 1. The maximum atomic E-state index is 12.3. The zero-order valence-electron chi connectivity index (χ0n) is 14.2. The molecule has 5 heteroatoms. The predicted octanol–water partition coefficient (Wildman–Crippen LogP) is 2.49. The fourth-order valence-electron chi connectivity index (χ4n) is 2.75. The molecular formula is C16H33N3O2. The molecule has 124 valence electrons. The second-order valence-electron chi connectivity index (χ2n) is 7.06. The lowest BCUT2D eigenvalue weighted by Gasteiger charge is -2.38. The van der Waals surface area contributed by atoms with Crippen molar-refractivity contribution in [2.75, 3.05) is 19.6 Å². The number of amides is 1. The van der Waals surface area contributed by atoms with Crippen molar-refractivity contribution in [3.05, 3.63) is 0 Å². The van der Waals surface area contributed by atoms with Gasteiger partial charge in [0.2, 0.25) is 0 Å². The summed E-state index contributed by atoms with van der Waals surface area (Å²) >= 11 is 0. The van der Waals surface area contributed by atoms with E-state index in [1.807, 2.05) is 25.7 Å². The van der Waals surface area contributed by atoms with Gasteiger partial charge in [-0.25, -0.2) is 4.79 Å². The molecule has 1 amide bonds. The zero-order valence-corrected chi connectivity index (χ0v) is 14.2. The van der Waals surface area contributed by atoms with E-state index in [1.54, 1.807) is 0 Å². The Labute approximate surface area is 129 Å². The molecule has 3 N–H and O–H groups in total. The molecule has 0 bridgehead atoms. The van der Waals surface area contributed by atoms with Crippen LogP contribution in [-0.2, 0) is 4.74 Å². The Hall–Kier alpha value is -0.810. The minimum atomic E-state index is -0.427. The quantitative estimate of drug-likeness (QED) is 0.739. The fraction of sp³-hybridized carbons (Fsp3) is 0.938. The van der Waals surface area contributed by atoms with E-state index >= 15 is 0 Å². The van der Waals surface area contributed by atoms with Gasteiger partial charge in [0.15, 0.2) is 0 Å². The van der Waals surface area contributed by atoms with Crippen molar-refractivity contribution in [1.82, 2.24) is 10.2 Å². The van der Waals surface area contributed by atoms with Crippen LogP contribution in [0.4, 0.5) is 4.79 Å². The summed E-state index contributed by atoms with van der Waals surface area (Å²) in [5.41, 5.74) is 5.08. The first-order valence-corrected chi connectivity index (χ1v) is 8.26. The van der Waals surface area contributed by atoms with Gasteiger partial charge < -0.3 is 20.7 Å². The van der Waals surface area contributed by atoms with Crippen LogP contribution in [-0.4, -0.2) is 48.3 Å². The summed E-state index contributed by atoms with van der Waals surface area (Å²) in [5.74, 6) is 0. The summed E-state index contributed by atoms with van der Waals surface area (Å²) in [6.45, 7) is 10.4. The number of carbonyl (C=O) groups is 1. The normalized spacial score (nSPS) is 21.2. The number of hydrogen-bond acceptors (Lipinski definition) is 4. The number of hydrogen-bond donors (Lipinski definition) is 2. The van der Waals surface area contributed by atoms with Crippen LogP contribution in [0.1, 0.15) is 59.8 Å². The third kappa shape index (κ3) is 7.14. The molecule has 0 aromatic carbocycles. The molecule has 1 saturated heterocycles. The van der Waals surface area contributed by atoms with Crippen molar-refractivity contribution >= 4 is 6.09 Å². The van der Waals surface area contributed by atoms with E-state index in [-0.39, 0.29) is 12.1 Å². The van der Waals surface area contributed by atoms with Gasteiger partial charge in [0.25, 0.3) is 0 Å². The Balaban J connectivity index is 2.50. The van der Waals surface area contributed by atoms with E-state index in [4.69, 9.17) is 10.5 Å². The van der Waals surface area contributed by atoms with E-state index < -0.39 is 5.60 Å². The van der Waals surface area contributed by atoms with E-state index in [0.717, 1.165) is 38.8 Å². The molecule has 1 fully saturated rings. The largest absolute Gasteiger partial charge is 0.444 e. The Morgan fingerprint density at radius 1 is 1.43 bits per heavy atom. The van der Waals surface area contributed by atoms with Crippen molar-refractivity contribution in [2.24, 2.45) is 5.73 Å². The molecule has 21 heavy (non-hydrogen) atoms. The standard InChI is InChI=1S/C16H33N3O2/c1-13(18-10-7-9-17)12-14-8-5-6-11-19(14)15(20)21-16(2,3)4/h13-14,18H,5-12,17H2,1-4H3. The fourth-order valence-corrected chi connectivity index (χ4v) is 2.75. The number of carbonyl (C=O) groups excluding carboxylic acids is 1. The molecule has 1 aliphatic rings. The Kier molecular flexibility index (Phi) is 7.46. The van der Waals surface area contributed by atoms with Crippen molar-refractivity contribution in [3.63, 3.8) is 0 Å². The highest BCUT2D eigenvalue weighted by Gasteiger charge is 2.31. The number of nitrogens with one attached hydrogen (secondary N) is 1. The summed E-state index contributed by atoms with van der Waals surface area (Å²) in [6, 6.07) is 0.679. The molecule has 0 saturated carbocycles. The summed E-state index contributed by atoms with van der Waals surface area (Å²) in [4.78, 5) is 14.3. The molecule has 0 aromatic heterocycles. The summed E-state index contributed by atoms with van der Waals surface area (Å²) in [7, 11) is 0. The van der Waals surface area contributed by atoms with E-state index in [9.17, 15) is 4.79 Å². The smallest absolute Gasteiger partial charge is 0.410 e. The second-order valence-corrected chi connectivity index (χ2v) is 7.06. The molecule has 0 aliphatic carbocycles. The number of likely N-dealkylation sites (tertiary alicyclic amines) is 1. The van der Waals surface area contributed by atoms with Crippen LogP contribution in [0.15, 0.2) is 0 Å². The lowest BCUT2D eigenvalue weighted by atomic mass is 9.96. The molecule has 5 nitrogen and oxygen atoms in total. The molecule has 1 aliphatic heterocycles. The van der Waals surface area contributed by atoms with E-state index in [2.05, 4.69) is 12.2 Å². The molecule has 0 radical (unpaired) electrons. The summed E-state index contributed by atoms with van der Waals surface area (Å²) in [6.07, 6.45) is 5.14. The van der Waals surface area contributed by atoms with Gasteiger partial charge in [0.05, 0.1) is 0 Å². The summed E-state index contributed by atoms with van der Waals surface area (Å²) < 4.78 is 5.54. The van der Waals surface area contributed by atoms with Crippen LogP contribution in [0.5, 0.6) is 0 Å². The molecule has 2 atom stereocenters. The van der Waals surface area contributed by atoms with E-state index in [1.165, 1.54) is 6.42 Å². The van der Waals surface area contributed by atoms with Crippen molar-refractivity contribution in [2.45, 2.75) is 77.5 Å². The first-order chi connectivity index (χ1) is 9.83. The number of nitrogens with zero attached hydrogens (tertiary/aromatic N) is 1. The number of piperidine rings is 1. The van der Waals surface area contributed by atoms with Gasteiger partial charge in [-0.05, 0) is 72.9 Å². The molecule has 1 heterocycles. The van der Waals surface area contributed by atoms with Crippen molar-refractivity contribution in [3.8, 4) is 0 Å². The van der Waals surface area contributed by atoms with Crippen LogP contribution in [0.25, 0.3) is 0 Å². The lowest BCUT2D eigenvalue weighted by molar-refractivity contribution is 0.00792. The van der Waals surface area contributed by atoms with Gasteiger partial charge in [-0.15, -0.1) is 0 Å². The highest BCUT2D eigenvalue weighted by molar-refractivity contribution is 5.68. The van der Waals surface area contributed by atoms with E-state index in [0.29, 0.717) is 12.6 Å². The van der Waals surface area contributed by atoms with Crippen LogP contribution in [0.2, 0.25) is 0 Å². The van der Waals surface area contributed by atoms with Gasteiger partial charge in [0.1, 0.15) is 5.60 Å². The predicted molar refractivity (Wildman–Crippen MR) is 86.3 cm³/mol. The Morgan fingerprint density at radius 2 is 2.14 bits per heavy atom. The van der Waals surface area contributed by atoms with Gasteiger partial charge in [0, 0.05) is 18.6 Å². The third-order valence-corrected chi connectivity index (χ3v) is 3.75. The molecular weight excluding hydrogens is 266 g/mol. The first kappa shape index (κ1) is 18.2. The highest BCUT2D eigenvalue weighted by atomic mass is 16.6. The van der Waals surface area contributed by atoms with Crippen LogP contribution < -0.4 is 11.1 Å². The Morgan fingerprint density at radius 3 is 2.76 bits per heavy atom. The number of rotatable bonds is 6. The molecule has 0 aromatic rings. The molecule has 1 rings (SSSR count). The van der Waals surface area contributed by atoms with Gasteiger partial charge >= 0.3 is 6.09 Å². The minimum absolute atomic E-state index is 0.165. The maximum absolute atomic E-state index is 12.3. The molecule has 0 spiro atoms. The number of nitrogens with two attached hydrogens (primary N) is 1. The minimum Gasteiger partial charge on any atom is -0.444 e. The maximum Gasteiger partial charge on any atom is 0.410 e. The SMILES string of the molecule is CC(CC1CCCCN1C(=O)OC(C)(C)C)NCCCN. The highest BCUT2D eigenvalue weighted by Crippen LogP contribution is 2.23. The average molecular weight is 299 g/mol. The van der Waals surface area contributed by atoms with Gasteiger partial charge in [-0.2, -0.15) is 0 Å². The van der Waals surface area contributed by atoms with Crippen molar-refractivity contribution in [1.29, 1.82) is 0 Å². The molecule has 2 unspecified atom stereocenters. The second kappa shape index (κ2) is 8.59. The van der Waals surface area contributed by atoms with Gasteiger partial charge in [-0.3, -0.25) is 0 Å². The first-order valence-electron chi connectivity index (χ1n) is 8.26. The third-order valence-electron chi connectivity index (χ3n) is 3.75. The van der Waals surface area contributed by atoms with Crippen LogP contribution >= 0.6 is 0 Å². The lowest BCUT2D eigenvalue weighted by Crippen LogP contribution is -2.48. The van der Waals surface area contributed by atoms with Crippen LogP contribution in [0.3, 0.4) is 0 Å². The van der Waals surface area contributed by atoms with Crippen LogP contribution in [0, 0.1) is 0 Å². The zero-order chi connectivity index (χ0) is 15.9. The topological polar surface area (TPSA) is 67.6 Å². The Bertz CT molecular complexity index is 315. The summed E-state index contributed by atoms with van der Waals surface area (Å²) in [5, 5.41) is 3.48. The monoisotopic (exact) mass is 299 g/mol.